The fraction of sp³-hybridized carbons (Fsp3) is 0.0588. The number of nitrogens with zero attached hydrogens (tertiary/aromatic N) is 3. The topological polar surface area (TPSA) is 87.9 Å². The number of benzene rings is 2. The molecule has 2 aromatic carbocycles. The Kier molecular flexibility index (Phi) is 4.11. The fourth-order valence-corrected chi connectivity index (χ4v) is 2.09. The molecule has 0 aliphatic carbocycles. The summed E-state index contributed by atoms with van der Waals surface area (Å²) >= 11 is 0. The number of fused-ring (bicyclic) bond motifs is 1. The average Bonchev–Trinajstić information content (AvgIpc) is 2.60. The molecular formula is C17H12N4O2. The van der Waals surface area contributed by atoms with E-state index in [0.29, 0.717) is 17.1 Å². The first kappa shape index (κ1) is 14.5. The zero-order valence-corrected chi connectivity index (χ0v) is 12.1. The molecule has 1 aromatic heterocycles. The van der Waals surface area contributed by atoms with Crippen molar-refractivity contribution in [1.82, 2.24) is 9.97 Å². The van der Waals surface area contributed by atoms with Crippen molar-refractivity contribution >= 4 is 22.5 Å². The summed E-state index contributed by atoms with van der Waals surface area (Å²) in [5, 5.41) is 12.3. The molecule has 23 heavy (non-hydrogen) atoms. The van der Waals surface area contributed by atoms with E-state index in [9.17, 15) is 4.79 Å². The molecule has 3 rings (SSSR count). The third kappa shape index (κ3) is 3.41. The molecule has 1 amide bonds. The quantitative estimate of drug-likeness (QED) is 0.800. The Morgan fingerprint density at radius 1 is 1.17 bits per heavy atom. The maximum Gasteiger partial charge on any atom is 0.262 e. The van der Waals surface area contributed by atoms with E-state index in [1.807, 2.05) is 30.3 Å². The van der Waals surface area contributed by atoms with Crippen LogP contribution in [0.3, 0.4) is 0 Å². The van der Waals surface area contributed by atoms with Crippen molar-refractivity contribution in [1.29, 1.82) is 5.26 Å². The molecule has 6 heteroatoms. The second-order valence-electron chi connectivity index (χ2n) is 4.73. The number of anilines is 1. The number of aromatic nitrogens is 2. The summed E-state index contributed by atoms with van der Waals surface area (Å²) in [6.07, 6.45) is 1.39. The van der Waals surface area contributed by atoms with Crippen molar-refractivity contribution in [3.63, 3.8) is 0 Å². The van der Waals surface area contributed by atoms with Crippen LogP contribution in [0.5, 0.6) is 5.88 Å². The van der Waals surface area contributed by atoms with Gasteiger partial charge in [0.1, 0.15) is 6.33 Å². The molecule has 0 atom stereocenters. The molecule has 0 saturated carbocycles. The lowest BCUT2D eigenvalue weighted by atomic mass is 10.2. The normalized spacial score (nSPS) is 10.0. The van der Waals surface area contributed by atoms with Crippen LogP contribution in [0.4, 0.5) is 5.69 Å². The number of rotatable bonds is 4. The molecule has 0 aliphatic heterocycles. The third-order valence-corrected chi connectivity index (χ3v) is 3.12. The Balaban J connectivity index is 1.68. The number of nitrogens with one attached hydrogen (secondary N) is 1. The van der Waals surface area contributed by atoms with Gasteiger partial charge >= 0.3 is 0 Å². The number of amides is 1. The average molecular weight is 304 g/mol. The second-order valence-corrected chi connectivity index (χ2v) is 4.73. The number of nitriles is 1. The highest BCUT2D eigenvalue weighted by Gasteiger charge is 2.08. The molecule has 0 bridgehead atoms. The first-order valence-corrected chi connectivity index (χ1v) is 6.89. The largest absolute Gasteiger partial charge is 0.467 e. The number of hydrogen-bond acceptors (Lipinski definition) is 5. The highest BCUT2D eigenvalue weighted by molar-refractivity contribution is 5.92. The minimum absolute atomic E-state index is 0.183. The first-order valence-electron chi connectivity index (χ1n) is 6.89. The number of hydrogen-bond donors (Lipinski definition) is 1. The summed E-state index contributed by atoms with van der Waals surface area (Å²) in [6.45, 7) is -0.183. The van der Waals surface area contributed by atoms with Gasteiger partial charge in [-0.1, -0.05) is 18.2 Å². The highest BCUT2D eigenvalue weighted by atomic mass is 16.5. The summed E-state index contributed by atoms with van der Waals surface area (Å²) < 4.78 is 5.48. The van der Waals surface area contributed by atoms with E-state index in [4.69, 9.17) is 10.00 Å². The van der Waals surface area contributed by atoms with Crippen molar-refractivity contribution in [2.75, 3.05) is 11.9 Å². The van der Waals surface area contributed by atoms with Gasteiger partial charge in [0.25, 0.3) is 5.91 Å². The second kappa shape index (κ2) is 6.54. The van der Waals surface area contributed by atoms with E-state index in [1.54, 1.807) is 24.3 Å². The lowest BCUT2D eigenvalue weighted by Crippen LogP contribution is -2.20. The third-order valence-electron chi connectivity index (χ3n) is 3.12. The van der Waals surface area contributed by atoms with Gasteiger partial charge in [0.05, 0.1) is 22.5 Å². The minimum atomic E-state index is -0.331. The summed E-state index contributed by atoms with van der Waals surface area (Å²) in [5.41, 5.74) is 1.77. The van der Waals surface area contributed by atoms with Crippen LogP contribution in [-0.2, 0) is 4.79 Å². The first-order chi connectivity index (χ1) is 11.3. The van der Waals surface area contributed by atoms with Crippen molar-refractivity contribution in [3.05, 3.63) is 60.4 Å². The highest BCUT2D eigenvalue weighted by Crippen LogP contribution is 2.20. The van der Waals surface area contributed by atoms with E-state index >= 15 is 0 Å². The molecule has 112 valence electrons. The molecule has 1 N–H and O–H groups in total. The van der Waals surface area contributed by atoms with Gasteiger partial charge < -0.3 is 10.1 Å². The van der Waals surface area contributed by atoms with Crippen LogP contribution in [0.2, 0.25) is 0 Å². The van der Waals surface area contributed by atoms with E-state index in [-0.39, 0.29) is 12.5 Å². The lowest BCUT2D eigenvalue weighted by Gasteiger charge is -2.08. The summed E-state index contributed by atoms with van der Waals surface area (Å²) in [5.74, 6) is 0.0271. The zero-order valence-electron chi connectivity index (χ0n) is 12.1. The maximum absolute atomic E-state index is 12.0. The Bertz CT molecular complexity index is 897. The predicted molar refractivity (Wildman–Crippen MR) is 84.8 cm³/mol. The van der Waals surface area contributed by atoms with E-state index < -0.39 is 0 Å². The van der Waals surface area contributed by atoms with Gasteiger partial charge in [-0.05, 0) is 30.3 Å². The van der Waals surface area contributed by atoms with Crippen LogP contribution >= 0.6 is 0 Å². The van der Waals surface area contributed by atoms with Crippen LogP contribution in [0.1, 0.15) is 5.56 Å². The SMILES string of the molecule is N#Cc1cccc(NC(=O)COc2ncnc3ccccc23)c1. The smallest absolute Gasteiger partial charge is 0.262 e. The van der Waals surface area contributed by atoms with Gasteiger partial charge in [0.15, 0.2) is 6.61 Å². The molecule has 6 nitrogen and oxygen atoms in total. The predicted octanol–water partition coefficient (Wildman–Crippen LogP) is 2.52. The summed E-state index contributed by atoms with van der Waals surface area (Å²) in [7, 11) is 0. The molecule has 0 unspecified atom stereocenters. The van der Waals surface area contributed by atoms with Crippen LogP contribution < -0.4 is 10.1 Å². The maximum atomic E-state index is 12.0. The number of ether oxygens (including phenoxy) is 1. The lowest BCUT2D eigenvalue weighted by molar-refractivity contribution is -0.118. The number of carbonyl (C=O) groups is 1. The molecule has 1 heterocycles. The Morgan fingerprint density at radius 2 is 2.04 bits per heavy atom. The van der Waals surface area contributed by atoms with Crippen LogP contribution in [0.25, 0.3) is 10.9 Å². The fourth-order valence-electron chi connectivity index (χ4n) is 2.09. The minimum Gasteiger partial charge on any atom is -0.467 e. The summed E-state index contributed by atoms with van der Waals surface area (Å²) in [4.78, 5) is 20.1. The van der Waals surface area contributed by atoms with Crippen molar-refractivity contribution < 1.29 is 9.53 Å². The van der Waals surface area contributed by atoms with Crippen LogP contribution in [0, 0.1) is 11.3 Å². The molecule has 0 fully saturated rings. The molecule has 3 aromatic rings. The van der Waals surface area contributed by atoms with Gasteiger partial charge in [-0.3, -0.25) is 4.79 Å². The zero-order chi connectivity index (χ0) is 16.1. The van der Waals surface area contributed by atoms with Gasteiger partial charge in [-0.25, -0.2) is 9.97 Å². The van der Waals surface area contributed by atoms with E-state index in [2.05, 4.69) is 15.3 Å². The van der Waals surface area contributed by atoms with Crippen LogP contribution in [-0.4, -0.2) is 22.5 Å². The van der Waals surface area contributed by atoms with E-state index in [1.165, 1.54) is 6.33 Å². The monoisotopic (exact) mass is 304 g/mol. The Hall–Kier alpha value is -3.46. The Morgan fingerprint density at radius 3 is 2.91 bits per heavy atom. The van der Waals surface area contributed by atoms with Gasteiger partial charge in [0.2, 0.25) is 5.88 Å². The summed E-state index contributed by atoms with van der Waals surface area (Å²) in [6, 6.07) is 16.1. The number of carbonyl (C=O) groups excluding carboxylic acids is 1. The van der Waals surface area contributed by atoms with Crippen molar-refractivity contribution in [3.8, 4) is 11.9 Å². The van der Waals surface area contributed by atoms with Crippen LogP contribution in [0.15, 0.2) is 54.9 Å². The molecule has 0 radical (unpaired) electrons. The van der Waals surface area contributed by atoms with Gasteiger partial charge in [-0.2, -0.15) is 5.26 Å². The molecule has 0 saturated heterocycles. The van der Waals surface area contributed by atoms with Gasteiger partial charge in [-0.15, -0.1) is 0 Å². The standard InChI is InChI=1S/C17H12N4O2/c18-9-12-4-3-5-13(8-12)21-16(22)10-23-17-14-6-1-2-7-15(14)19-11-20-17/h1-8,11H,10H2,(H,21,22). The molecular weight excluding hydrogens is 292 g/mol. The van der Waals surface area contributed by atoms with Gasteiger partial charge in [0, 0.05) is 5.69 Å². The Labute approximate surface area is 132 Å². The molecule has 0 spiro atoms. The van der Waals surface area contributed by atoms with Crippen molar-refractivity contribution in [2.24, 2.45) is 0 Å². The van der Waals surface area contributed by atoms with Crippen molar-refractivity contribution in [2.45, 2.75) is 0 Å². The molecule has 0 aliphatic rings. The van der Waals surface area contributed by atoms with E-state index in [0.717, 1.165) is 10.9 Å². The number of para-hydroxylation sites is 1.